The number of halogens is 3. The maximum Gasteiger partial charge on any atom is 0.223 e. The van der Waals surface area contributed by atoms with Crippen LogP contribution in [0.3, 0.4) is 0 Å². The topological polar surface area (TPSA) is 75.4 Å². The van der Waals surface area contributed by atoms with Crippen LogP contribution in [-0.2, 0) is 4.79 Å². The molecule has 3 atom stereocenters. The lowest BCUT2D eigenvalue weighted by molar-refractivity contribution is -0.128. The first-order chi connectivity index (χ1) is 11.4. The fraction of sp³-hybridized carbons (Fsp3) is 0.611. The highest BCUT2D eigenvalue weighted by Gasteiger charge is 2.40. The van der Waals surface area contributed by atoms with E-state index in [4.69, 9.17) is 28.9 Å². The fourth-order valence-electron chi connectivity index (χ4n) is 4.23. The van der Waals surface area contributed by atoms with Crippen LogP contribution in [-0.4, -0.2) is 23.6 Å². The van der Waals surface area contributed by atoms with Gasteiger partial charge in [-0.2, -0.15) is 0 Å². The van der Waals surface area contributed by atoms with Crippen molar-refractivity contribution >= 4 is 41.5 Å². The van der Waals surface area contributed by atoms with Crippen molar-refractivity contribution < 1.29 is 9.90 Å². The lowest BCUT2D eigenvalue weighted by atomic mass is 9.65. The molecule has 0 aliphatic heterocycles. The standard InChI is InChI=1S/C18H24Cl2N2O2.ClH/c19-14-6-12(7-15(20)8-14)16(23)9-22-18(24)13-4-10-2-1-3-11(5-13)17(10)21;/h6-8,10-11,13,16-17,23H,1-5,9,21H2,(H,22,24);1H. The summed E-state index contributed by atoms with van der Waals surface area (Å²) in [6.07, 6.45) is 4.39. The number of nitrogens with two attached hydrogens (primary N) is 1. The van der Waals surface area contributed by atoms with E-state index in [2.05, 4.69) is 5.32 Å². The Kier molecular flexibility index (Phi) is 7.41. The summed E-state index contributed by atoms with van der Waals surface area (Å²) in [7, 11) is 0. The van der Waals surface area contributed by atoms with Crippen LogP contribution in [0.2, 0.25) is 10.0 Å². The Hall–Kier alpha value is -0.520. The Morgan fingerprint density at radius 2 is 1.76 bits per heavy atom. The highest BCUT2D eigenvalue weighted by molar-refractivity contribution is 6.34. The van der Waals surface area contributed by atoms with Crippen LogP contribution >= 0.6 is 35.6 Å². The Balaban J connectivity index is 0.00000225. The van der Waals surface area contributed by atoms with Gasteiger partial charge < -0.3 is 16.2 Å². The van der Waals surface area contributed by atoms with Gasteiger partial charge in [0.2, 0.25) is 5.91 Å². The molecule has 2 bridgehead atoms. The van der Waals surface area contributed by atoms with Crippen molar-refractivity contribution in [2.45, 2.75) is 44.2 Å². The third-order valence-corrected chi connectivity index (χ3v) is 5.96. The summed E-state index contributed by atoms with van der Waals surface area (Å²) in [6.45, 7) is 0.160. The van der Waals surface area contributed by atoms with Gasteiger partial charge in [-0.05, 0) is 61.3 Å². The van der Waals surface area contributed by atoms with E-state index in [0.29, 0.717) is 27.4 Å². The van der Waals surface area contributed by atoms with E-state index >= 15 is 0 Å². The highest BCUT2D eigenvalue weighted by Crippen LogP contribution is 2.41. The molecule has 7 heteroatoms. The van der Waals surface area contributed by atoms with Crippen LogP contribution in [0, 0.1) is 17.8 Å². The number of rotatable bonds is 4. The molecule has 0 spiro atoms. The van der Waals surface area contributed by atoms with Crippen LogP contribution in [0.1, 0.15) is 43.8 Å². The molecule has 0 aromatic heterocycles. The molecule has 1 amide bonds. The van der Waals surface area contributed by atoms with Crippen LogP contribution < -0.4 is 11.1 Å². The van der Waals surface area contributed by atoms with Crippen LogP contribution in [0.15, 0.2) is 18.2 Å². The molecule has 1 aromatic rings. The Morgan fingerprint density at radius 3 is 2.32 bits per heavy atom. The SMILES string of the molecule is Cl.NC1C2CCCC1CC(C(=O)NCC(O)c1cc(Cl)cc(Cl)c1)C2. The molecule has 3 unspecified atom stereocenters. The average Bonchev–Trinajstić information content (AvgIpc) is 2.51. The maximum atomic E-state index is 12.5. The molecule has 2 aliphatic rings. The molecule has 0 radical (unpaired) electrons. The van der Waals surface area contributed by atoms with Gasteiger partial charge in [-0.15, -0.1) is 12.4 Å². The van der Waals surface area contributed by atoms with Gasteiger partial charge in [-0.3, -0.25) is 4.79 Å². The molecule has 4 N–H and O–H groups in total. The summed E-state index contributed by atoms with van der Waals surface area (Å²) in [5.41, 5.74) is 6.88. The summed E-state index contributed by atoms with van der Waals surface area (Å²) >= 11 is 11.9. The second-order valence-corrected chi connectivity index (χ2v) is 8.03. The molecule has 1 aromatic carbocycles. The van der Waals surface area contributed by atoms with Gasteiger partial charge in [0, 0.05) is 28.5 Å². The number of nitrogens with one attached hydrogen (secondary N) is 1. The second kappa shape index (κ2) is 8.92. The molecule has 4 nitrogen and oxygen atoms in total. The number of carbonyl (C=O) groups excluding carboxylic acids is 1. The minimum Gasteiger partial charge on any atom is -0.387 e. The minimum atomic E-state index is -0.824. The molecular weight excluding hydrogens is 383 g/mol. The Morgan fingerprint density at radius 1 is 1.20 bits per heavy atom. The summed E-state index contributed by atoms with van der Waals surface area (Å²) < 4.78 is 0. The lowest BCUT2D eigenvalue weighted by Crippen LogP contribution is -2.49. The van der Waals surface area contributed by atoms with Crippen molar-refractivity contribution in [3.63, 3.8) is 0 Å². The number of aliphatic hydroxyl groups is 1. The monoisotopic (exact) mass is 406 g/mol. The summed E-state index contributed by atoms with van der Waals surface area (Å²) in [5, 5.41) is 14.1. The molecule has 3 rings (SSSR count). The van der Waals surface area contributed by atoms with E-state index in [1.807, 2.05) is 0 Å². The molecule has 2 aliphatic carbocycles. The minimum absolute atomic E-state index is 0. The van der Waals surface area contributed by atoms with Gasteiger partial charge in [-0.1, -0.05) is 29.6 Å². The molecule has 25 heavy (non-hydrogen) atoms. The number of amides is 1. The third-order valence-electron chi connectivity index (χ3n) is 5.52. The van der Waals surface area contributed by atoms with Crippen LogP contribution in [0.5, 0.6) is 0 Å². The lowest BCUT2D eigenvalue weighted by Gasteiger charge is -2.43. The molecule has 2 fully saturated rings. The normalized spacial score (nSPS) is 29.4. The van der Waals surface area contributed by atoms with Gasteiger partial charge in [-0.25, -0.2) is 0 Å². The van der Waals surface area contributed by atoms with E-state index in [1.165, 1.54) is 6.42 Å². The Bertz CT molecular complexity index is 580. The first-order valence-corrected chi connectivity index (χ1v) is 9.37. The van der Waals surface area contributed by atoms with Gasteiger partial charge in [0.05, 0.1) is 6.10 Å². The number of hydrogen-bond acceptors (Lipinski definition) is 3. The van der Waals surface area contributed by atoms with Crippen molar-refractivity contribution in [2.75, 3.05) is 6.54 Å². The smallest absolute Gasteiger partial charge is 0.223 e. The second-order valence-electron chi connectivity index (χ2n) is 7.16. The van der Waals surface area contributed by atoms with E-state index in [1.54, 1.807) is 18.2 Å². The van der Waals surface area contributed by atoms with E-state index in [9.17, 15) is 9.90 Å². The number of benzene rings is 1. The third kappa shape index (κ3) is 5.01. The number of fused-ring (bicyclic) bond motifs is 2. The highest BCUT2D eigenvalue weighted by atomic mass is 35.5. The fourth-order valence-corrected chi connectivity index (χ4v) is 4.77. The zero-order valence-corrected chi connectivity index (χ0v) is 16.3. The Labute approximate surface area is 164 Å². The summed E-state index contributed by atoms with van der Waals surface area (Å²) in [4.78, 5) is 12.5. The van der Waals surface area contributed by atoms with E-state index < -0.39 is 6.10 Å². The quantitative estimate of drug-likeness (QED) is 0.712. The number of aliphatic hydroxyl groups excluding tert-OH is 1. The van der Waals surface area contributed by atoms with Crippen LogP contribution in [0.4, 0.5) is 0 Å². The van der Waals surface area contributed by atoms with Gasteiger partial charge in [0.15, 0.2) is 0 Å². The van der Waals surface area contributed by atoms with Crippen molar-refractivity contribution in [1.29, 1.82) is 0 Å². The largest absolute Gasteiger partial charge is 0.387 e. The van der Waals surface area contributed by atoms with Crippen molar-refractivity contribution in [3.8, 4) is 0 Å². The van der Waals surface area contributed by atoms with Gasteiger partial charge in [0.1, 0.15) is 0 Å². The zero-order chi connectivity index (χ0) is 17.3. The van der Waals surface area contributed by atoms with E-state index in [-0.39, 0.29) is 36.8 Å². The molecule has 0 saturated heterocycles. The number of carbonyl (C=O) groups is 1. The predicted molar refractivity (Wildman–Crippen MR) is 103 cm³/mol. The van der Waals surface area contributed by atoms with Crippen LogP contribution in [0.25, 0.3) is 0 Å². The molecule has 0 heterocycles. The van der Waals surface area contributed by atoms with Crippen molar-refractivity contribution in [2.24, 2.45) is 23.5 Å². The molecule has 2 saturated carbocycles. The number of hydrogen-bond donors (Lipinski definition) is 3. The van der Waals surface area contributed by atoms with Gasteiger partial charge in [0.25, 0.3) is 0 Å². The summed E-state index contributed by atoms with van der Waals surface area (Å²) in [5.74, 6) is 0.955. The summed E-state index contributed by atoms with van der Waals surface area (Å²) in [6, 6.07) is 5.19. The van der Waals surface area contributed by atoms with Crippen molar-refractivity contribution in [3.05, 3.63) is 33.8 Å². The maximum absolute atomic E-state index is 12.5. The molecular formula is C18H25Cl3N2O2. The van der Waals surface area contributed by atoms with Gasteiger partial charge >= 0.3 is 0 Å². The predicted octanol–water partition coefficient (Wildman–Crippen LogP) is 3.72. The average molecular weight is 408 g/mol. The molecule has 140 valence electrons. The first kappa shape index (κ1) is 20.8. The first-order valence-electron chi connectivity index (χ1n) is 8.61. The van der Waals surface area contributed by atoms with E-state index in [0.717, 1.165) is 25.7 Å². The van der Waals surface area contributed by atoms with Crippen molar-refractivity contribution in [1.82, 2.24) is 5.32 Å². The zero-order valence-electron chi connectivity index (χ0n) is 14.0.